The van der Waals surface area contributed by atoms with E-state index in [1.807, 2.05) is 0 Å². The highest BCUT2D eigenvalue weighted by atomic mass is 35.6. The second kappa shape index (κ2) is 4.29. The van der Waals surface area contributed by atoms with E-state index in [1.54, 1.807) is 0 Å². The SMILES string of the molecule is CC(Cl)(Cl)OC(=O)OC(Cl)(Cl)Cl. The second-order valence-electron chi connectivity index (χ2n) is 1.71. The molecule has 0 aliphatic carbocycles. The number of ether oxygens (including phenoxy) is 2. The van der Waals surface area contributed by atoms with Crippen LogP contribution < -0.4 is 0 Å². The Balaban J connectivity index is 3.92. The van der Waals surface area contributed by atoms with Crippen LogP contribution in [-0.4, -0.2) is 14.7 Å². The minimum Gasteiger partial charge on any atom is -0.398 e. The summed E-state index contributed by atoms with van der Waals surface area (Å²) in [6.45, 7) is 1.20. The number of alkyl halides is 5. The highest BCUT2D eigenvalue weighted by molar-refractivity contribution is 6.66. The summed E-state index contributed by atoms with van der Waals surface area (Å²) in [4.78, 5) is 10.6. The largest absolute Gasteiger partial charge is 0.514 e. The molecule has 8 heteroatoms. The molecule has 0 atom stereocenters. The Labute approximate surface area is 93.7 Å². The maximum atomic E-state index is 10.6. The first-order valence-electron chi connectivity index (χ1n) is 2.47. The molecule has 0 amide bonds. The van der Waals surface area contributed by atoms with Crippen molar-refractivity contribution in [2.45, 2.75) is 15.4 Å². The van der Waals surface area contributed by atoms with Crippen LogP contribution in [0.3, 0.4) is 0 Å². The van der Waals surface area contributed by atoms with E-state index in [2.05, 4.69) is 9.47 Å². The zero-order valence-electron chi connectivity index (χ0n) is 5.61. The van der Waals surface area contributed by atoms with E-state index in [0.717, 1.165) is 0 Å². The first-order valence-corrected chi connectivity index (χ1v) is 4.36. The van der Waals surface area contributed by atoms with E-state index < -0.39 is 14.7 Å². The summed E-state index contributed by atoms with van der Waals surface area (Å²) in [5, 5.41) is 0. The Hall–Kier alpha value is 0.720. The van der Waals surface area contributed by atoms with Gasteiger partial charge in [-0.2, -0.15) is 0 Å². The molecule has 0 aliphatic heterocycles. The lowest BCUT2D eigenvalue weighted by molar-refractivity contribution is 0.0370. The molecular formula is C4H3Cl5O3. The van der Waals surface area contributed by atoms with Gasteiger partial charge in [0.2, 0.25) is 0 Å². The summed E-state index contributed by atoms with van der Waals surface area (Å²) in [6, 6.07) is 0. The van der Waals surface area contributed by atoms with Gasteiger partial charge in [-0.3, -0.25) is 0 Å². The molecule has 0 fully saturated rings. The monoisotopic (exact) mass is 274 g/mol. The molecule has 72 valence electrons. The van der Waals surface area contributed by atoms with Gasteiger partial charge in [-0.05, 0) is 34.8 Å². The first-order chi connectivity index (χ1) is 5.10. The Kier molecular flexibility index (Phi) is 4.55. The van der Waals surface area contributed by atoms with Crippen LogP contribution in [0.15, 0.2) is 0 Å². The average Bonchev–Trinajstić information content (AvgIpc) is 1.49. The standard InChI is InChI=1S/C4H3Cl5O3/c1-3(5,6)11-2(10)12-4(7,8)9/h1H3. The van der Waals surface area contributed by atoms with Crippen LogP contribution in [0.5, 0.6) is 0 Å². The summed E-state index contributed by atoms with van der Waals surface area (Å²) < 4.78 is 4.41. The van der Waals surface area contributed by atoms with Crippen molar-refractivity contribution < 1.29 is 14.3 Å². The van der Waals surface area contributed by atoms with Crippen molar-refractivity contribution in [3.05, 3.63) is 0 Å². The maximum Gasteiger partial charge on any atom is 0.514 e. The number of carbonyl (C=O) groups is 1. The fourth-order valence-electron chi connectivity index (χ4n) is 0.262. The van der Waals surface area contributed by atoms with Crippen molar-refractivity contribution >= 4 is 64.2 Å². The number of hydrogen-bond donors (Lipinski definition) is 0. The van der Waals surface area contributed by atoms with Gasteiger partial charge in [-0.15, -0.1) is 0 Å². The Morgan fingerprint density at radius 1 is 1.08 bits per heavy atom. The minimum atomic E-state index is -2.18. The van der Waals surface area contributed by atoms with Gasteiger partial charge in [0.25, 0.3) is 4.52 Å². The van der Waals surface area contributed by atoms with Crippen LogP contribution in [0.1, 0.15) is 6.92 Å². The van der Waals surface area contributed by atoms with Crippen LogP contribution in [0, 0.1) is 0 Å². The molecule has 0 aromatic heterocycles. The van der Waals surface area contributed by atoms with E-state index in [9.17, 15) is 4.79 Å². The average molecular weight is 276 g/mol. The van der Waals surface area contributed by atoms with Crippen molar-refractivity contribution in [1.82, 2.24) is 0 Å². The van der Waals surface area contributed by atoms with E-state index in [1.165, 1.54) is 6.92 Å². The molecular weight excluding hydrogens is 273 g/mol. The summed E-state index contributed by atoms with van der Waals surface area (Å²) in [5.41, 5.74) is 0. The summed E-state index contributed by atoms with van der Waals surface area (Å²) in [6.07, 6.45) is -1.28. The molecule has 0 saturated carbocycles. The van der Waals surface area contributed by atoms with E-state index in [4.69, 9.17) is 58.0 Å². The van der Waals surface area contributed by atoms with E-state index in [0.29, 0.717) is 0 Å². The van der Waals surface area contributed by atoms with Gasteiger partial charge in [0.05, 0.1) is 0 Å². The lowest BCUT2D eigenvalue weighted by atomic mass is 10.8. The summed E-state index contributed by atoms with van der Waals surface area (Å²) >= 11 is 25.8. The fraction of sp³-hybridized carbons (Fsp3) is 0.750. The van der Waals surface area contributed by atoms with Crippen LogP contribution in [-0.2, 0) is 9.47 Å². The van der Waals surface area contributed by atoms with Gasteiger partial charge in [-0.1, -0.05) is 23.2 Å². The number of hydrogen-bond acceptors (Lipinski definition) is 3. The summed E-state index contributed by atoms with van der Waals surface area (Å²) in [5.74, 6) is 0. The molecule has 0 saturated heterocycles. The molecule has 0 N–H and O–H groups in total. The maximum absolute atomic E-state index is 10.6. The zero-order chi connectivity index (χ0) is 9.99. The molecule has 0 aromatic carbocycles. The van der Waals surface area contributed by atoms with Crippen LogP contribution >= 0.6 is 58.0 Å². The highest BCUT2D eigenvalue weighted by Crippen LogP contribution is 2.30. The zero-order valence-corrected chi connectivity index (χ0v) is 9.39. The fourth-order valence-corrected chi connectivity index (χ4v) is 0.577. The molecule has 0 rings (SSSR count). The Morgan fingerprint density at radius 3 is 1.75 bits per heavy atom. The van der Waals surface area contributed by atoms with Crippen LogP contribution in [0.4, 0.5) is 4.79 Å². The van der Waals surface area contributed by atoms with Crippen molar-refractivity contribution in [2.24, 2.45) is 0 Å². The van der Waals surface area contributed by atoms with Gasteiger partial charge in [0.1, 0.15) is 0 Å². The van der Waals surface area contributed by atoms with E-state index >= 15 is 0 Å². The smallest absolute Gasteiger partial charge is 0.398 e. The third-order valence-corrected chi connectivity index (χ3v) is 0.847. The number of rotatable bonds is 1. The van der Waals surface area contributed by atoms with Crippen molar-refractivity contribution in [1.29, 1.82) is 0 Å². The Morgan fingerprint density at radius 2 is 1.50 bits per heavy atom. The molecule has 0 radical (unpaired) electrons. The number of carbonyl (C=O) groups excluding carboxylic acids is 1. The summed E-state index contributed by atoms with van der Waals surface area (Å²) in [7, 11) is 0. The van der Waals surface area contributed by atoms with Gasteiger partial charge in [0.15, 0.2) is 0 Å². The second-order valence-corrected chi connectivity index (χ2v) is 5.52. The molecule has 0 aliphatic rings. The van der Waals surface area contributed by atoms with E-state index in [-0.39, 0.29) is 0 Å². The normalized spacial score (nSPS) is 12.5. The van der Waals surface area contributed by atoms with Gasteiger partial charge < -0.3 is 9.47 Å². The molecule has 3 nitrogen and oxygen atoms in total. The third-order valence-electron chi connectivity index (χ3n) is 0.462. The van der Waals surface area contributed by atoms with Crippen molar-refractivity contribution in [3.8, 4) is 0 Å². The number of halogens is 5. The quantitative estimate of drug-likeness (QED) is 0.542. The van der Waals surface area contributed by atoms with Gasteiger partial charge in [0, 0.05) is 6.92 Å². The predicted octanol–water partition coefficient (Wildman–Crippen LogP) is 3.62. The van der Waals surface area contributed by atoms with Gasteiger partial charge in [-0.25, -0.2) is 4.79 Å². The molecule has 0 aromatic rings. The van der Waals surface area contributed by atoms with Crippen molar-refractivity contribution in [3.63, 3.8) is 0 Å². The molecule has 12 heavy (non-hydrogen) atoms. The van der Waals surface area contributed by atoms with Gasteiger partial charge >= 0.3 is 10.1 Å². The first kappa shape index (κ1) is 12.7. The predicted molar refractivity (Wildman–Crippen MR) is 48.0 cm³/mol. The Bertz CT molecular complexity index is 151. The minimum absolute atomic E-state index is 1.20. The lowest BCUT2D eigenvalue weighted by Crippen LogP contribution is -2.23. The van der Waals surface area contributed by atoms with Crippen LogP contribution in [0.25, 0.3) is 0 Å². The topological polar surface area (TPSA) is 35.5 Å². The van der Waals surface area contributed by atoms with Crippen LogP contribution in [0.2, 0.25) is 0 Å². The molecule has 0 spiro atoms. The van der Waals surface area contributed by atoms with Crippen molar-refractivity contribution in [2.75, 3.05) is 0 Å². The molecule has 0 unspecified atom stereocenters. The lowest BCUT2D eigenvalue weighted by Gasteiger charge is -2.16. The highest BCUT2D eigenvalue weighted by Gasteiger charge is 2.30. The molecule has 0 bridgehead atoms. The molecule has 0 heterocycles. The third kappa shape index (κ3) is 8.81.